The highest BCUT2D eigenvalue weighted by Crippen LogP contribution is 2.25. The minimum Gasteiger partial charge on any atom is -0.368 e. The molecule has 5 nitrogen and oxygen atoms in total. The number of hydrogen-bond donors (Lipinski definition) is 0. The number of rotatable bonds is 4. The van der Waals surface area contributed by atoms with Gasteiger partial charge >= 0.3 is 0 Å². The van der Waals surface area contributed by atoms with Gasteiger partial charge in [-0.15, -0.1) is 0 Å². The predicted molar refractivity (Wildman–Crippen MR) is 77.9 cm³/mol. The van der Waals surface area contributed by atoms with Crippen LogP contribution in [0.4, 0.5) is 0 Å². The lowest BCUT2D eigenvalue weighted by Gasteiger charge is -2.38. The van der Waals surface area contributed by atoms with Crippen molar-refractivity contribution < 1.29 is 19.0 Å². The third-order valence-electron chi connectivity index (χ3n) is 4.83. The maximum atomic E-state index is 12.5. The van der Waals surface area contributed by atoms with Crippen molar-refractivity contribution in [2.45, 2.75) is 69.8 Å². The topological polar surface area (TPSA) is 48.0 Å². The maximum Gasteiger partial charge on any atom is 0.249 e. The molecule has 120 valence electrons. The first-order valence-electron chi connectivity index (χ1n) is 8.49. The van der Waals surface area contributed by atoms with Crippen LogP contribution < -0.4 is 0 Å². The second-order valence-corrected chi connectivity index (χ2v) is 6.33. The van der Waals surface area contributed by atoms with E-state index >= 15 is 0 Å². The Bertz CT molecular complexity index is 337. The Morgan fingerprint density at radius 3 is 2.48 bits per heavy atom. The van der Waals surface area contributed by atoms with E-state index in [1.165, 1.54) is 19.3 Å². The zero-order valence-corrected chi connectivity index (χ0v) is 12.8. The summed E-state index contributed by atoms with van der Waals surface area (Å²) in [6.07, 6.45) is 9.20. The molecule has 5 heteroatoms. The van der Waals surface area contributed by atoms with E-state index in [1.807, 2.05) is 4.90 Å². The van der Waals surface area contributed by atoms with Gasteiger partial charge in [-0.3, -0.25) is 4.79 Å². The van der Waals surface area contributed by atoms with E-state index in [0.29, 0.717) is 13.2 Å². The Kier molecular flexibility index (Phi) is 5.49. The number of carbonyl (C=O) groups excluding carboxylic acids is 1. The van der Waals surface area contributed by atoms with Crippen molar-refractivity contribution >= 4 is 5.91 Å². The van der Waals surface area contributed by atoms with Gasteiger partial charge in [0.2, 0.25) is 5.91 Å². The lowest BCUT2D eigenvalue weighted by molar-refractivity contribution is -0.156. The van der Waals surface area contributed by atoms with Crippen molar-refractivity contribution in [1.29, 1.82) is 0 Å². The van der Waals surface area contributed by atoms with Crippen LogP contribution in [0.5, 0.6) is 0 Å². The molecule has 3 fully saturated rings. The summed E-state index contributed by atoms with van der Waals surface area (Å²) in [5.41, 5.74) is 0. The molecule has 1 aliphatic carbocycles. The number of amides is 1. The number of nitrogens with zero attached hydrogens (tertiary/aromatic N) is 1. The second kappa shape index (κ2) is 7.56. The SMILES string of the molecule is O=C(COC1CCCCC1)N1CCCCC1C1OCCO1. The molecule has 2 saturated heterocycles. The van der Waals surface area contributed by atoms with Gasteiger partial charge in [-0.2, -0.15) is 0 Å². The number of carbonyl (C=O) groups is 1. The van der Waals surface area contributed by atoms with E-state index in [-0.39, 0.29) is 30.9 Å². The van der Waals surface area contributed by atoms with E-state index in [2.05, 4.69) is 0 Å². The van der Waals surface area contributed by atoms with Gasteiger partial charge < -0.3 is 19.1 Å². The molecule has 1 atom stereocenters. The molecule has 0 aromatic carbocycles. The van der Waals surface area contributed by atoms with Crippen LogP contribution in [0.25, 0.3) is 0 Å². The van der Waals surface area contributed by atoms with Crippen LogP contribution in [0, 0.1) is 0 Å². The van der Waals surface area contributed by atoms with E-state index in [4.69, 9.17) is 14.2 Å². The average Bonchev–Trinajstić information content (AvgIpc) is 3.08. The smallest absolute Gasteiger partial charge is 0.249 e. The zero-order chi connectivity index (χ0) is 14.5. The molecule has 0 radical (unpaired) electrons. The fourth-order valence-corrected chi connectivity index (χ4v) is 3.65. The summed E-state index contributed by atoms with van der Waals surface area (Å²) in [4.78, 5) is 14.4. The van der Waals surface area contributed by atoms with Crippen LogP contribution in [0.15, 0.2) is 0 Å². The second-order valence-electron chi connectivity index (χ2n) is 6.33. The van der Waals surface area contributed by atoms with Gasteiger partial charge in [0.25, 0.3) is 0 Å². The Hall–Kier alpha value is -0.650. The van der Waals surface area contributed by atoms with Crippen molar-refractivity contribution in [3.05, 3.63) is 0 Å². The third kappa shape index (κ3) is 3.96. The molecule has 1 saturated carbocycles. The number of hydrogen-bond acceptors (Lipinski definition) is 4. The summed E-state index contributed by atoms with van der Waals surface area (Å²) in [6.45, 7) is 2.30. The minimum absolute atomic E-state index is 0.0729. The van der Waals surface area contributed by atoms with Crippen molar-refractivity contribution in [3.63, 3.8) is 0 Å². The fraction of sp³-hybridized carbons (Fsp3) is 0.938. The van der Waals surface area contributed by atoms with Gasteiger partial charge in [0.15, 0.2) is 6.29 Å². The highest BCUT2D eigenvalue weighted by Gasteiger charge is 2.36. The molecular weight excluding hydrogens is 270 g/mol. The van der Waals surface area contributed by atoms with Crippen LogP contribution in [0.2, 0.25) is 0 Å². The molecule has 1 unspecified atom stereocenters. The molecule has 1 amide bonds. The Morgan fingerprint density at radius 1 is 1.00 bits per heavy atom. The number of piperidine rings is 1. The first-order chi connectivity index (χ1) is 10.3. The molecule has 3 aliphatic rings. The Morgan fingerprint density at radius 2 is 1.71 bits per heavy atom. The predicted octanol–water partition coefficient (Wildman–Crippen LogP) is 2.09. The number of likely N-dealkylation sites (tertiary alicyclic amines) is 1. The van der Waals surface area contributed by atoms with Gasteiger partial charge in [0.05, 0.1) is 25.4 Å². The standard InChI is InChI=1S/C16H27NO4/c18-15(12-21-13-6-2-1-3-7-13)17-9-5-4-8-14(17)16-19-10-11-20-16/h13-14,16H,1-12H2. The average molecular weight is 297 g/mol. The fourth-order valence-electron chi connectivity index (χ4n) is 3.65. The first-order valence-corrected chi connectivity index (χ1v) is 8.49. The molecule has 2 heterocycles. The molecule has 0 aromatic heterocycles. The highest BCUT2D eigenvalue weighted by atomic mass is 16.7. The summed E-state index contributed by atoms with van der Waals surface area (Å²) >= 11 is 0. The Labute approximate surface area is 126 Å². The summed E-state index contributed by atoms with van der Waals surface area (Å²) in [7, 11) is 0. The molecule has 21 heavy (non-hydrogen) atoms. The van der Waals surface area contributed by atoms with Crippen LogP contribution in [-0.2, 0) is 19.0 Å². The highest BCUT2D eigenvalue weighted by molar-refractivity contribution is 5.78. The van der Waals surface area contributed by atoms with Gasteiger partial charge in [0.1, 0.15) is 6.61 Å². The monoisotopic (exact) mass is 297 g/mol. The quantitative estimate of drug-likeness (QED) is 0.797. The molecule has 0 bridgehead atoms. The summed E-state index contributed by atoms with van der Waals surface area (Å²) in [5.74, 6) is 0.101. The van der Waals surface area contributed by atoms with Crippen molar-refractivity contribution in [3.8, 4) is 0 Å². The van der Waals surface area contributed by atoms with Gasteiger partial charge in [-0.05, 0) is 32.1 Å². The molecule has 0 spiro atoms. The largest absolute Gasteiger partial charge is 0.368 e. The van der Waals surface area contributed by atoms with E-state index in [1.54, 1.807) is 0 Å². The molecule has 3 rings (SSSR count). The van der Waals surface area contributed by atoms with Crippen molar-refractivity contribution in [2.75, 3.05) is 26.4 Å². The zero-order valence-electron chi connectivity index (χ0n) is 12.8. The van der Waals surface area contributed by atoms with Crippen LogP contribution >= 0.6 is 0 Å². The van der Waals surface area contributed by atoms with Crippen molar-refractivity contribution in [1.82, 2.24) is 4.90 Å². The van der Waals surface area contributed by atoms with Crippen LogP contribution in [-0.4, -0.2) is 55.6 Å². The molecule has 2 aliphatic heterocycles. The van der Waals surface area contributed by atoms with Gasteiger partial charge in [-0.25, -0.2) is 0 Å². The van der Waals surface area contributed by atoms with Gasteiger partial charge in [-0.1, -0.05) is 19.3 Å². The normalized spacial score (nSPS) is 29.0. The first kappa shape index (κ1) is 15.3. The minimum atomic E-state index is -0.232. The lowest BCUT2D eigenvalue weighted by atomic mass is 9.98. The van der Waals surface area contributed by atoms with Crippen molar-refractivity contribution in [2.24, 2.45) is 0 Å². The lowest BCUT2D eigenvalue weighted by Crippen LogP contribution is -2.51. The summed E-state index contributed by atoms with van der Waals surface area (Å²) < 4.78 is 17.1. The molecule has 0 aromatic rings. The number of ether oxygens (including phenoxy) is 3. The van der Waals surface area contributed by atoms with Crippen LogP contribution in [0.1, 0.15) is 51.4 Å². The Balaban J connectivity index is 1.50. The molecular formula is C16H27NO4. The van der Waals surface area contributed by atoms with E-state index in [0.717, 1.165) is 38.6 Å². The van der Waals surface area contributed by atoms with Gasteiger partial charge in [0, 0.05) is 6.54 Å². The van der Waals surface area contributed by atoms with E-state index in [9.17, 15) is 4.79 Å². The third-order valence-corrected chi connectivity index (χ3v) is 4.83. The maximum absolute atomic E-state index is 12.5. The molecule has 0 N–H and O–H groups in total. The van der Waals surface area contributed by atoms with Crippen LogP contribution in [0.3, 0.4) is 0 Å². The summed E-state index contributed by atoms with van der Waals surface area (Å²) in [6, 6.07) is 0.0729. The summed E-state index contributed by atoms with van der Waals surface area (Å²) in [5, 5.41) is 0. The van der Waals surface area contributed by atoms with E-state index < -0.39 is 0 Å².